The lowest BCUT2D eigenvalue weighted by molar-refractivity contribution is -0.137. The molecule has 3 rings (SSSR count). The summed E-state index contributed by atoms with van der Waals surface area (Å²) in [5.74, 6) is -0.0328. The zero-order valence-corrected chi connectivity index (χ0v) is 18.0. The van der Waals surface area contributed by atoms with E-state index in [0.29, 0.717) is 31.5 Å². The van der Waals surface area contributed by atoms with Crippen molar-refractivity contribution in [2.45, 2.75) is 45.0 Å². The van der Waals surface area contributed by atoms with Gasteiger partial charge in [0.2, 0.25) is 5.95 Å². The van der Waals surface area contributed by atoms with Crippen molar-refractivity contribution in [1.29, 1.82) is 0 Å². The van der Waals surface area contributed by atoms with Gasteiger partial charge in [0, 0.05) is 24.5 Å². The van der Waals surface area contributed by atoms with Gasteiger partial charge in [0.25, 0.3) is 0 Å². The third-order valence-electron chi connectivity index (χ3n) is 4.48. The summed E-state index contributed by atoms with van der Waals surface area (Å²) in [6.45, 7) is 6.40. The zero-order valence-electron chi connectivity index (χ0n) is 17.3. The number of ether oxygens (including phenoxy) is 1. The minimum absolute atomic E-state index is 0.0328. The van der Waals surface area contributed by atoms with E-state index < -0.39 is 22.5 Å². The van der Waals surface area contributed by atoms with Crippen LogP contribution >= 0.6 is 11.6 Å². The van der Waals surface area contributed by atoms with E-state index in [0.717, 1.165) is 5.56 Å². The summed E-state index contributed by atoms with van der Waals surface area (Å²) in [6.07, 6.45) is -3.60. The van der Waals surface area contributed by atoms with Gasteiger partial charge in [-0.1, -0.05) is 23.7 Å². The molecule has 0 saturated carbocycles. The fraction of sp³-hybridized carbons (Fsp3) is 0.450. The van der Waals surface area contributed by atoms with E-state index in [9.17, 15) is 18.0 Å². The Kier molecular flexibility index (Phi) is 6.61. The van der Waals surface area contributed by atoms with Gasteiger partial charge in [-0.3, -0.25) is 10.2 Å². The van der Waals surface area contributed by atoms with Crippen LogP contribution in [0.3, 0.4) is 0 Å². The summed E-state index contributed by atoms with van der Waals surface area (Å²) in [7, 11) is 0. The molecule has 0 aliphatic carbocycles. The zero-order chi connectivity index (χ0) is 22.8. The second kappa shape index (κ2) is 8.88. The van der Waals surface area contributed by atoms with Gasteiger partial charge in [-0.25, -0.2) is 14.8 Å². The molecule has 7 nitrogen and oxygen atoms in total. The number of hydrogen-bond donors (Lipinski definition) is 2. The van der Waals surface area contributed by atoms with Gasteiger partial charge in [-0.2, -0.15) is 13.2 Å². The van der Waals surface area contributed by atoms with Crippen LogP contribution < -0.4 is 10.6 Å². The molecule has 1 saturated heterocycles. The van der Waals surface area contributed by atoms with Gasteiger partial charge in [-0.15, -0.1) is 0 Å². The number of carbonyl (C=O) groups is 1. The lowest BCUT2D eigenvalue weighted by Crippen LogP contribution is -2.48. The first-order valence-corrected chi connectivity index (χ1v) is 9.98. The molecule has 2 aromatic rings. The summed E-state index contributed by atoms with van der Waals surface area (Å²) in [5, 5.41) is 5.47. The van der Waals surface area contributed by atoms with Gasteiger partial charge >= 0.3 is 12.3 Å². The van der Waals surface area contributed by atoms with E-state index in [2.05, 4.69) is 20.6 Å². The van der Waals surface area contributed by atoms with Crippen LogP contribution in [-0.4, -0.2) is 39.8 Å². The van der Waals surface area contributed by atoms with Crippen LogP contribution in [0.25, 0.3) is 0 Å². The summed E-state index contributed by atoms with van der Waals surface area (Å²) >= 11 is 5.62. The number of anilines is 2. The van der Waals surface area contributed by atoms with Crippen LogP contribution in [0, 0.1) is 0 Å². The number of hydrogen-bond acceptors (Lipinski definition) is 6. The predicted molar refractivity (Wildman–Crippen MR) is 110 cm³/mol. The van der Waals surface area contributed by atoms with E-state index in [-0.39, 0.29) is 18.1 Å². The SMILES string of the molecule is CC(C)(C)OC(=O)N1CCC(c2ccc(Nc3ncc(C(F)(F)F)c(Cl)n3)cc2)NC1. The third kappa shape index (κ3) is 6.20. The van der Waals surface area contributed by atoms with Gasteiger partial charge < -0.3 is 10.1 Å². The Bertz CT molecular complexity index is 924. The van der Waals surface area contributed by atoms with Gasteiger partial charge in [0.1, 0.15) is 16.3 Å². The van der Waals surface area contributed by atoms with Crippen LogP contribution in [0.4, 0.5) is 29.6 Å². The molecule has 11 heteroatoms. The third-order valence-corrected chi connectivity index (χ3v) is 4.77. The first-order valence-electron chi connectivity index (χ1n) is 9.60. The van der Waals surface area contributed by atoms with Gasteiger partial charge in [0.15, 0.2) is 0 Å². The van der Waals surface area contributed by atoms with Crippen molar-refractivity contribution in [3.63, 3.8) is 0 Å². The fourth-order valence-corrected chi connectivity index (χ4v) is 3.23. The van der Waals surface area contributed by atoms with Crippen LogP contribution in [0.1, 0.15) is 44.4 Å². The molecule has 0 radical (unpaired) electrons. The second-order valence-electron chi connectivity index (χ2n) is 8.09. The number of amides is 1. The van der Waals surface area contributed by atoms with E-state index in [4.69, 9.17) is 16.3 Å². The van der Waals surface area contributed by atoms with Crippen LogP contribution in [0.5, 0.6) is 0 Å². The number of alkyl halides is 3. The Labute approximate surface area is 183 Å². The highest BCUT2D eigenvalue weighted by atomic mass is 35.5. The number of nitrogens with zero attached hydrogens (tertiary/aromatic N) is 3. The Hall–Kier alpha value is -2.59. The van der Waals surface area contributed by atoms with Crippen molar-refractivity contribution >= 4 is 29.3 Å². The molecule has 2 heterocycles. The highest BCUT2D eigenvalue weighted by Gasteiger charge is 2.34. The number of halogens is 4. The molecule has 1 atom stereocenters. The number of benzene rings is 1. The van der Waals surface area contributed by atoms with Crippen LogP contribution in [0.2, 0.25) is 5.15 Å². The average Bonchev–Trinajstić information content (AvgIpc) is 2.66. The highest BCUT2D eigenvalue weighted by Crippen LogP contribution is 2.33. The highest BCUT2D eigenvalue weighted by molar-refractivity contribution is 6.30. The maximum Gasteiger partial charge on any atom is 0.420 e. The molecule has 31 heavy (non-hydrogen) atoms. The fourth-order valence-electron chi connectivity index (χ4n) is 2.99. The van der Waals surface area contributed by atoms with E-state index in [1.54, 1.807) is 17.0 Å². The van der Waals surface area contributed by atoms with Gasteiger partial charge in [0.05, 0.1) is 6.67 Å². The standard InChI is InChI=1S/C20H23ClF3N5O2/c1-19(2,3)31-18(30)29-9-8-15(26-11-29)12-4-6-13(7-5-12)27-17-25-10-14(16(21)28-17)20(22,23)24/h4-7,10,15,26H,8-9,11H2,1-3H3,(H,25,27,28). The molecule has 0 bridgehead atoms. The summed E-state index contributed by atoms with van der Waals surface area (Å²) in [6, 6.07) is 7.37. The smallest absolute Gasteiger partial charge is 0.420 e. The summed E-state index contributed by atoms with van der Waals surface area (Å²) in [5.41, 5.74) is -0.0111. The maximum absolute atomic E-state index is 12.7. The largest absolute Gasteiger partial charge is 0.444 e. The Balaban J connectivity index is 1.58. The summed E-state index contributed by atoms with van der Waals surface area (Å²) in [4.78, 5) is 21.1. The number of nitrogens with one attached hydrogen (secondary N) is 2. The number of rotatable bonds is 3. The molecule has 1 aliphatic rings. The Morgan fingerprint density at radius 2 is 1.94 bits per heavy atom. The van der Waals surface area contributed by atoms with Crippen molar-refractivity contribution in [2.75, 3.05) is 18.5 Å². The monoisotopic (exact) mass is 457 g/mol. The maximum atomic E-state index is 12.7. The van der Waals surface area contributed by atoms with Crippen molar-refractivity contribution in [2.24, 2.45) is 0 Å². The first kappa shape index (κ1) is 23.1. The molecule has 168 valence electrons. The van der Waals surface area contributed by atoms with Crippen LogP contribution in [0.15, 0.2) is 30.5 Å². The number of aromatic nitrogens is 2. The molecular weight excluding hydrogens is 435 g/mol. The average molecular weight is 458 g/mol. The van der Waals surface area contributed by atoms with E-state index >= 15 is 0 Å². The van der Waals surface area contributed by atoms with Crippen molar-refractivity contribution < 1.29 is 22.7 Å². The Morgan fingerprint density at radius 1 is 1.26 bits per heavy atom. The molecule has 1 unspecified atom stereocenters. The number of carbonyl (C=O) groups excluding carboxylic acids is 1. The lowest BCUT2D eigenvalue weighted by Gasteiger charge is -2.34. The normalized spacial score (nSPS) is 17.4. The van der Waals surface area contributed by atoms with Crippen LogP contribution in [-0.2, 0) is 10.9 Å². The van der Waals surface area contributed by atoms with E-state index in [1.165, 1.54) is 0 Å². The molecule has 0 spiro atoms. The van der Waals surface area contributed by atoms with E-state index in [1.807, 2.05) is 32.9 Å². The predicted octanol–water partition coefficient (Wildman–Crippen LogP) is 5.12. The Morgan fingerprint density at radius 3 is 2.45 bits per heavy atom. The van der Waals surface area contributed by atoms with Crippen molar-refractivity contribution in [3.8, 4) is 0 Å². The molecule has 1 aromatic heterocycles. The quantitative estimate of drug-likeness (QED) is 0.623. The van der Waals surface area contributed by atoms with Crippen molar-refractivity contribution in [3.05, 3.63) is 46.7 Å². The molecule has 2 N–H and O–H groups in total. The first-order chi connectivity index (χ1) is 14.4. The minimum Gasteiger partial charge on any atom is -0.444 e. The van der Waals surface area contributed by atoms with Crippen molar-refractivity contribution in [1.82, 2.24) is 20.2 Å². The topological polar surface area (TPSA) is 79.4 Å². The molecule has 1 amide bonds. The lowest BCUT2D eigenvalue weighted by atomic mass is 10.0. The minimum atomic E-state index is -4.61. The molecular formula is C20H23ClF3N5O2. The molecule has 1 fully saturated rings. The van der Waals surface area contributed by atoms with Gasteiger partial charge in [-0.05, 0) is 44.9 Å². The molecule has 1 aromatic carbocycles. The molecule has 1 aliphatic heterocycles. The second-order valence-corrected chi connectivity index (χ2v) is 8.45. The summed E-state index contributed by atoms with van der Waals surface area (Å²) < 4.78 is 43.6.